The van der Waals surface area contributed by atoms with Gasteiger partial charge in [-0.25, -0.2) is 4.79 Å². The van der Waals surface area contributed by atoms with Gasteiger partial charge in [0.1, 0.15) is 5.58 Å². The maximum atomic E-state index is 11.7. The van der Waals surface area contributed by atoms with Crippen LogP contribution in [0, 0.1) is 6.92 Å². The topological polar surface area (TPSA) is 53.7 Å². The molecular formula is C16H19NO3. The van der Waals surface area contributed by atoms with Crippen molar-refractivity contribution in [2.75, 3.05) is 13.1 Å². The highest BCUT2D eigenvalue weighted by atomic mass is 16.4. The molecule has 4 nitrogen and oxygen atoms in total. The van der Waals surface area contributed by atoms with Gasteiger partial charge in [0, 0.05) is 31.1 Å². The Balaban J connectivity index is 1.92. The Morgan fingerprint density at radius 1 is 1.30 bits per heavy atom. The summed E-state index contributed by atoms with van der Waals surface area (Å²) in [6, 6.07) is 7.54. The van der Waals surface area contributed by atoms with E-state index in [-0.39, 0.29) is 11.7 Å². The second-order valence-electron chi connectivity index (χ2n) is 5.60. The second kappa shape index (κ2) is 5.38. The van der Waals surface area contributed by atoms with E-state index in [1.54, 1.807) is 6.07 Å². The van der Waals surface area contributed by atoms with Crippen LogP contribution in [0.3, 0.4) is 0 Å². The minimum atomic E-state index is -0.296. The molecule has 1 N–H and O–H groups in total. The number of piperidine rings is 1. The molecule has 0 unspecified atom stereocenters. The fraction of sp³-hybridized carbons (Fsp3) is 0.438. The van der Waals surface area contributed by atoms with Gasteiger partial charge in [-0.1, -0.05) is 12.1 Å². The van der Waals surface area contributed by atoms with Crippen molar-refractivity contribution < 1.29 is 9.52 Å². The Kier molecular flexibility index (Phi) is 3.59. The van der Waals surface area contributed by atoms with Gasteiger partial charge in [-0.3, -0.25) is 4.90 Å². The lowest BCUT2D eigenvalue weighted by atomic mass is 10.0. The van der Waals surface area contributed by atoms with E-state index in [0.717, 1.165) is 49.0 Å². The van der Waals surface area contributed by atoms with Gasteiger partial charge in [0.15, 0.2) is 0 Å². The number of aliphatic hydroxyl groups is 1. The van der Waals surface area contributed by atoms with E-state index < -0.39 is 0 Å². The number of aryl methyl sites for hydroxylation is 1. The molecule has 106 valence electrons. The van der Waals surface area contributed by atoms with Gasteiger partial charge in [-0.15, -0.1) is 0 Å². The highest BCUT2D eigenvalue weighted by Gasteiger charge is 2.18. The molecule has 1 saturated heterocycles. The molecule has 1 fully saturated rings. The number of rotatable bonds is 2. The lowest BCUT2D eigenvalue weighted by molar-refractivity contribution is 0.0794. The van der Waals surface area contributed by atoms with Crippen LogP contribution >= 0.6 is 0 Å². The Morgan fingerprint density at radius 2 is 2.05 bits per heavy atom. The molecular weight excluding hydrogens is 254 g/mol. The molecule has 0 amide bonds. The highest BCUT2D eigenvalue weighted by molar-refractivity contribution is 5.80. The average molecular weight is 273 g/mol. The van der Waals surface area contributed by atoms with E-state index in [2.05, 4.69) is 4.90 Å². The largest absolute Gasteiger partial charge is 0.423 e. The first-order valence-electron chi connectivity index (χ1n) is 7.05. The molecule has 1 aliphatic heterocycles. The first-order valence-corrected chi connectivity index (χ1v) is 7.05. The lowest BCUT2D eigenvalue weighted by Crippen LogP contribution is -2.35. The number of benzene rings is 1. The minimum absolute atomic E-state index is 0.175. The predicted molar refractivity (Wildman–Crippen MR) is 77.7 cm³/mol. The fourth-order valence-corrected chi connectivity index (χ4v) is 2.79. The number of aliphatic hydroxyl groups excluding tert-OH is 1. The molecule has 3 rings (SSSR count). The molecule has 1 aromatic carbocycles. The summed E-state index contributed by atoms with van der Waals surface area (Å²) in [5.41, 5.74) is 2.45. The van der Waals surface area contributed by atoms with E-state index in [9.17, 15) is 9.90 Å². The van der Waals surface area contributed by atoms with Crippen LogP contribution in [-0.4, -0.2) is 29.2 Å². The van der Waals surface area contributed by atoms with E-state index in [1.807, 2.05) is 25.1 Å². The predicted octanol–water partition coefficient (Wildman–Crippen LogP) is 2.06. The summed E-state index contributed by atoms with van der Waals surface area (Å²) >= 11 is 0. The third-order valence-corrected chi connectivity index (χ3v) is 3.94. The summed E-state index contributed by atoms with van der Waals surface area (Å²) in [7, 11) is 0. The van der Waals surface area contributed by atoms with Gasteiger partial charge in [0.25, 0.3) is 0 Å². The van der Waals surface area contributed by atoms with Crippen molar-refractivity contribution >= 4 is 11.0 Å². The van der Waals surface area contributed by atoms with Crippen LogP contribution in [0.1, 0.15) is 24.0 Å². The van der Waals surface area contributed by atoms with Crippen LogP contribution in [0.4, 0.5) is 0 Å². The Labute approximate surface area is 117 Å². The van der Waals surface area contributed by atoms with Crippen LogP contribution < -0.4 is 5.63 Å². The van der Waals surface area contributed by atoms with Crippen LogP contribution in [0.5, 0.6) is 0 Å². The summed E-state index contributed by atoms with van der Waals surface area (Å²) < 4.78 is 5.28. The second-order valence-corrected chi connectivity index (χ2v) is 5.60. The van der Waals surface area contributed by atoms with Crippen LogP contribution in [0.2, 0.25) is 0 Å². The van der Waals surface area contributed by atoms with Crippen molar-refractivity contribution in [3.8, 4) is 0 Å². The van der Waals surface area contributed by atoms with Crippen molar-refractivity contribution in [1.82, 2.24) is 4.90 Å². The standard InChI is InChI=1S/C16H19NO3/c1-11-2-3-14-12(9-16(19)20-15(14)8-11)10-17-6-4-13(18)5-7-17/h2-3,8-9,13,18H,4-7,10H2,1H3. The van der Waals surface area contributed by atoms with Gasteiger partial charge in [-0.05, 0) is 37.0 Å². The smallest absolute Gasteiger partial charge is 0.336 e. The van der Waals surface area contributed by atoms with E-state index in [0.29, 0.717) is 5.58 Å². The van der Waals surface area contributed by atoms with Gasteiger partial charge >= 0.3 is 5.63 Å². The van der Waals surface area contributed by atoms with E-state index in [4.69, 9.17) is 4.42 Å². The number of hydrogen-bond donors (Lipinski definition) is 1. The number of hydrogen-bond acceptors (Lipinski definition) is 4. The van der Waals surface area contributed by atoms with E-state index >= 15 is 0 Å². The van der Waals surface area contributed by atoms with E-state index in [1.165, 1.54) is 0 Å². The average Bonchev–Trinajstić information content (AvgIpc) is 2.40. The van der Waals surface area contributed by atoms with Gasteiger partial charge in [0.05, 0.1) is 6.10 Å². The fourth-order valence-electron chi connectivity index (χ4n) is 2.79. The molecule has 4 heteroatoms. The normalized spacial score (nSPS) is 17.7. The Hall–Kier alpha value is -1.65. The third kappa shape index (κ3) is 2.76. The zero-order chi connectivity index (χ0) is 14.1. The molecule has 0 aliphatic carbocycles. The summed E-state index contributed by atoms with van der Waals surface area (Å²) in [4.78, 5) is 14.0. The molecule has 0 spiro atoms. The molecule has 1 aromatic heterocycles. The highest BCUT2D eigenvalue weighted by Crippen LogP contribution is 2.21. The zero-order valence-electron chi connectivity index (χ0n) is 11.6. The quantitative estimate of drug-likeness (QED) is 0.851. The van der Waals surface area contributed by atoms with Crippen LogP contribution in [0.25, 0.3) is 11.0 Å². The summed E-state index contributed by atoms with van der Waals surface area (Å²) in [6.45, 7) is 4.46. The molecule has 2 aromatic rings. The SMILES string of the molecule is Cc1ccc2c(CN3CCC(O)CC3)cc(=O)oc2c1. The molecule has 0 bridgehead atoms. The minimum Gasteiger partial charge on any atom is -0.423 e. The maximum absolute atomic E-state index is 11.7. The van der Waals surface area contributed by atoms with Crippen molar-refractivity contribution in [1.29, 1.82) is 0 Å². The number of fused-ring (bicyclic) bond motifs is 1. The summed E-state index contributed by atoms with van der Waals surface area (Å²) in [5.74, 6) is 0. The summed E-state index contributed by atoms with van der Waals surface area (Å²) in [5, 5.41) is 10.5. The molecule has 0 atom stereocenters. The summed E-state index contributed by atoms with van der Waals surface area (Å²) in [6.07, 6.45) is 1.43. The Morgan fingerprint density at radius 3 is 2.80 bits per heavy atom. The monoisotopic (exact) mass is 273 g/mol. The first-order chi connectivity index (χ1) is 9.61. The number of nitrogens with zero attached hydrogens (tertiary/aromatic N) is 1. The van der Waals surface area contributed by atoms with Crippen molar-refractivity contribution in [2.45, 2.75) is 32.4 Å². The molecule has 0 radical (unpaired) electrons. The van der Waals surface area contributed by atoms with Crippen LogP contribution in [-0.2, 0) is 6.54 Å². The number of likely N-dealkylation sites (tertiary alicyclic amines) is 1. The molecule has 1 aliphatic rings. The van der Waals surface area contributed by atoms with Gasteiger partial charge < -0.3 is 9.52 Å². The van der Waals surface area contributed by atoms with Crippen molar-refractivity contribution in [3.63, 3.8) is 0 Å². The zero-order valence-corrected chi connectivity index (χ0v) is 11.6. The maximum Gasteiger partial charge on any atom is 0.336 e. The third-order valence-electron chi connectivity index (χ3n) is 3.94. The van der Waals surface area contributed by atoms with Crippen molar-refractivity contribution in [3.05, 3.63) is 45.8 Å². The Bertz CT molecular complexity index is 669. The van der Waals surface area contributed by atoms with Gasteiger partial charge in [-0.2, -0.15) is 0 Å². The van der Waals surface area contributed by atoms with Crippen molar-refractivity contribution in [2.24, 2.45) is 0 Å². The van der Waals surface area contributed by atoms with Gasteiger partial charge in [0.2, 0.25) is 0 Å². The molecule has 0 saturated carbocycles. The van der Waals surface area contributed by atoms with Crippen LogP contribution in [0.15, 0.2) is 33.5 Å². The first kappa shape index (κ1) is 13.3. The molecule has 2 heterocycles. The lowest BCUT2D eigenvalue weighted by Gasteiger charge is -2.29. The molecule has 20 heavy (non-hydrogen) atoms.